The van der Waals surface area contributed by atoms with Gasteiger partial charge in [0.05, 0.1) is 12.7 Å². The Morgan fingerprint density at radius 3 is 2.45 bits per heavy atom. The molecular weight excluding hydrogens is 386 g/mol. The van der Waals surface area contributed by atoms with Crippen molar-refractivity contribution >= 4 is 17.5 Å². The molecule has 1 amide bonds. The first-order chi connectivity index (χ1) is 14.1. The Hall–Kier alpha value is -2.70. The largest absolute Gasteiger partial charge is 0.335 e. The fourth-order valence-electron chi connectivity index (χ4n) is 3.55. The van der Waals surface area contributed by atoms with E-state index in [2.05, 4.69) is 46.4 Å². The van der Waals surface area contributed by atoms with Gasteiger partial charge in [0.1, 0.15) is 0 Å². The van der Waals surface area contributed by atoms with Gasteiger partial charge >= 0.3 is 0 Å². The number of benzene rings is 2. The number of carbonyl (C=O) groups is 1. The summed E-state index contributed by atoms with van der Waals surface area (Å²) in [7, 11) is 0. The fraction of sp³-hybridized carbons (Fsp3) is 0.318. The van der Waals surface area contributed by atoms with E-state index in [1.54, 1.807) is 10.9 Å². The van der Waals surface area contributed by atoms with Gasteiger partial charge in [-0.15, -0.1) is 5.10 Å². The van der Waals surface area contributed by atoms with Gasteiger partial charge in [-0.25, -0.2) is 4.68 Å². The average Bonchev–Trinajstić information content (AvgIpc) is 3.20. The van der Waals surface area contributed by atoms with Crippen molar-refractivity contribution in [2.24, 2.45) is 0 Å². The number of rotatable bonds is 5. The topological polar surface area (TPSA) is 54.3 Å². The van der Waals surface area contributed by atoms with Crippen molar-refractivity contribution in [1.29, 1.82) is 0 Å². The van der Waals surface area contributed by atoms with Gasteiger partial charge in [0.15, 0.2) is 5.69 Å². The van der Waals surface area contributed by atoms with Gasteiger partial charge in [-0.1, -0.05) is 53.2 Å². The molecule has 0 saturated carbocycles. The van der Waals surface area contributed by atoms with Crippen molar-refractivity contribution in [3.8, 4) is 0 Å². The first kappa shape index (κ1) is 19.6. The van der Waals surface area contributed by atoms with Crippen LogP contribution >= 0.6 is 11.6 Å². The van der Waals surface area contributed by atoms with E-state index < -0.39 is 0 Å². The molecule has 150 valence electrons. The van der Waals surface area contributed by atoms with Crippen molar-refractivity contribution in [2.75, 3.05) is 26.2 Å². The number of halogens is 1. The summed E-state index contributed by atoms with van der Waals surface area (Å²) in [6.07, 6.45) is 1.72. The Morgan fingerprint density at radius 1 is 1.00 bits per heavy atom. The van der Waals surface area contributed by atoms with Crippen LogP contribution in [0.15, 0.2) is 54.7 Å². The minimum atomic E-state index is -0.0529. The Morgan fingerprint density at radius 2 is 1.72 bits per heavy atom. The first-order valence-electron chi connectivity index (χ1n) is 9.79. The smallest absolute Gasteiger partial charge is 0.276 e. The van der Waals surface area contributed by atoms with Crippen LogP contribution in [0, 0.1) is 6.92 Å². The van der Waals surface area contributed by atoms with Crippen molar-refractivity contribution in [3.05, 3.63) is 82.1 Å². The van der Waals surface area contributed by atoms with Crippen LogP contribution < -0.4 is 0 Å². The van der Waals surface area contributed by atoms with Crippen LogP contribution in [0.5, 0.6) is 0 Å². The number of aryl methyl sites for hydroxylation is 1. The third-order valence-electron chi connectivity index (χ3n) is 5.33. The summed E-state index contributed by atoms with van der Waals surface area (Å²) < 4.78 is 1.69. The van der Waals surface area contributed by atoms with Crippen LogP contribution in [0.25, 0.3) is 0 Å². The minimum Gasteiger partial charge on any atom is -0.335 e. The second-order valence-electron chi connectivity index (χ2n) is 7.42. The molecule has 0 spiro atoms. The van der Waals surface area contributed by atoms with Gasteiger partial charge in [0.25, 0.3) is 5.91 Å². The van der Waals surface area contributed by atoms with Gasteiger partial charge in [-0.3, -0.25) is 9.69 Å². The van der Waals surface area contributed by atoms with Crippen molar-refractivity contribution in [1.82, 2.24) is 24.8 Å². The highest BCUT2D eigenvalue weighted by Gasteiger charge is 2.24. The molecule has 2 heterocycles. The molecule has 0 atom stereocenters. The molecule has 1 aliphatic rings. The van der Waals surface area contributed by atoms with Gasteiger partial charge in [-0.2, -0.15) is 0 Å². The lowest BCUT2D eigenvalue weighted by Gasteiger charge is -2.34. The standard InChI is InChI=1S/C22H24ClN5O/c1-17-4-2-3-5-19(17)15-26-10-12-27(13-11-26)22(29)21-16-28(25-24-21)14-18-6-8-20(23)9-7-18/h2-9,16H,10-15H2,1H3. The van der Waals surface area contributed by atoms with E-state index in [-0.39, 0.29) is 5.91 Å². The predicted octanol–water partition coefficient (Wildman–Crippen LogP) is 3.25. The zero-order valence-corrected chi connectivity index (χ0v) is 17.2. The van der Waals surface area contributed by atoms with Crippen molar-refractivity contribution < 1.29 is 4.79 Å². The summed E-state index contributed by atoms with van der Waals surface area (Å²) >= 11 is 5.92. The Kier molecular flexibility index (Phi) is 5.92. The number of hydrogen-bond acceptors (Lipinski definition) is 4. The van der Waals surface area contributed by atoms with E-state index in [9.17, 15) is 4.79 Å². The molecule has 0 radical (unpaired) electrons. The molecule has 29 heavy (non-hydrogen) atoms. The van der Waals surface area contributed by atoms with Crippen molar-refractivity contribution in [3.63, 3.8) is 0 Å². The van der Waals surface area contributed by atoms with E-state index in [1.165, 1.54) is 11.1 Å². The molecule has 1 saturated heterocycles. The number of piperazine rings is 1. The third-order valence-corrected chi connectivity index (χ3v) is 5.58. The zero-order valence-electron chi connectivity index (χ0n) is 16.5. The zero-order chi connectivity index (χ0) is 20.2. The van der Waals surface area contributed by atoms with Gasteiger partial charge in [-0.05, 0) is 35.7 Å². The van der Waals surface area contributed by atoms with E-state index in [0.29, 0.717) is 30.4 Å². The monoisotopic (exact) mass is 409 g/mol. The van der Waals surface area contributed by atoms with E-state index in [4.69, 9.17) is 11.6 Å². The van der Waals surface area contributed by atoms with E-state index in [1.807, 2.05) is 29.2 Å². The maximum atomic E-state index is 12.8. The molecule has 1 fully saturated rings. The summed E-state index contributed by atoms with van der Waals surface area (Å²) in [6.45, 7) is 6.75. The van der Waals surface area contributed by atoms with Gasteiger partial charge in [0.2, 0.25) is 0 Å². The molecule has 0 aliphatic carbocycles. The summed E-state index contributed by atoms with van der Waals surface area (Å²) in [6, 6.07) is 16.0. The molecule has 3 aromatic rings. The molecule has 1 aromatic heterocycles. The molecule has 0 N–H and O–H groups in total. The maximum absolute atomic E-state index is 12.8. The van der Waals surface area contributed by atoms with Crippen LogP contribution in [-0.4, -0.2) is 56.9 Å². The molecule has 7 heteroatoms. The number of aromatic nitrogens is 3. The third kappa shape index (κ3) is 4.83. The highest BCUT2D eigenvalue weighted by molar-refractivity contribution is 6.30. The second kappa shape index (κ2) is 8.76. The van der Waals surface area contributed by atoms with Crippen LogP contribution in [0.2, 0.25) is 5.02 Å². The molecule has 0 unspecified atom stereocenters. The first-order valence-corrected chi connectivity index (χ1v) is 10.2. The van der Waals surface area contributed by atoms with E-state index in [0.717, 1.165) is 25.2 Å². The molecule has 0 bridgehead atoms. The highest BCUT2D eigenvalue weighted by Crippen LogP contribution is 2.14. The predicted molar refractivity (Wildman–Crippen MR) is 113 cm³/mol. The summed E-state index contributed by atoms with van der Waals surface area (Å²) in [4.78, 5) is 17.1. The van der Waals surface area contributed by atoms with Crippen LogP contribution in [-0.2, 0) is 13.1 Å². The average molecular weight is 410 g/mol. The second-order valence-corrected chi connectivity index (χ2v) is 7.86. The quantitative estimate of drug-likeness (QED) is 0.649. The molecule has 6 nitrogen and oxygen atoms in total. The number of hydrogen-bond donors (Lipinski definition) is 0. The van der Waals surface area contributed by atoms with Gasteiger partial charge in [0, 0.05) is 37.7 Å². The Bertz CT molecular complexity index is 977. The van der Waals surface area contributed by atoms with Gasteiger partial charge < -0.3 is 4.90 Å². The maximum Gasteiger partial charge on any atom is 0.276 e. The molecule has 2 aromatic carbocycles. The number of amides is 1. The van der Waals surface area contributed by atoms with Crippen LogP contribution in [0.1, 0.15) is 27.2 Å². The fourth-order valence-corrected chi connectivity index (χ4v) is 3.68. The summed E-state index contributed by atoms with van der Waals surface area (Å²) in [5.74, 6) is -0.0529. The lowest BCUT2D eigenvalue weighted by Crippen LogP contribution is -2.48. The lowest BCUT2D eigenvalue weighted by atomic mass is 10.1. The lowest BCUT2D eigenvalue weighted by molar-refractivity contribution is 0.0622. The number of carbonyl (C=O) groups excluding carboxylic acids is 1. The SMILES string of the molecule is Cc1ccccc1CN1CCN(C(=O)c2cn(Cc3ccc(Cl)cc3)nn2)CC1. The number of nitrogens with zero attached hydrogens (tertiary/aromatic N) is 5. The normalized spacial score (nSPS) is 14.9. The summed E-state index contributed by atoms with van der Waals surface area (Å²) in [5.41, 5.74) is 4.11. The molecular formula is C22H24ClN5O. The van der Waals surface area contributed by atoms with Crippen molar-refractivity contribution in [2.45, 2.75) is 20.0 Å². The Balaban J connectivity index is 1.32. The minimum absolute atomic E-state index is 0.0529. The van der Waals surface area contributed by atoms with Crippen LogP contribution in [0.4, 0.5) is 0 Å². The van der Waals surface area contributed by atoms with Crippen LogP contribution in [0.3, 0.4) is 0 Å². The molecule has 4 rings (SSSR count). The Labute approximate surface area is 175 Å². The van der Waals surface area contributed by atoms with E-state index >= 15 is 0 Å². The molecule has 1 aliphatic heterocycles. The highest BCUT2D eigenvalue weighted by atomic mass is 35.5. The summed E-state index contributed by atoms with van der Waals surface area (Å²) in [5, 5.41) is 8.89.